The van der Waals surface area contributed by atoms with E-state index < -0.39 is 21.4 Å². The van der Waals surface area contributed by atoms with Gasteiger partial charge in [0.25, 0.3) is 0 Å². The molecule has 0 unspecified atom stereocenters. The largest absolute Gasteiger partial charge is 0.356 e. The lowest BCUT2D eigenvalue weighted by molar-refractivity contribution is 0.452. The zero-order valence-electron chi connectivity index (χ0n) is 43.6. The van der Waals surface area contributed by atoms with Gasteiger partial charge < -0.3 is 24.3 Å². The number of aliphatic imine (C=N–C) groups is 1. The Balaban J connectivity index is 5.60. The minimum absolute atomic E-state index is 0.220. The van der Waals surface area contributed by atoms with E-state index in [0.717, 1.165) is 103 Å². The predicted octanol–water partition coefficient (Wildman–Crippen LogP) is 16.4. The molecule has 0 spiro atoms. The summed E-state index contributed by atoms with van der Waals surface area (Å²) in [6.07, 6.45) is 12.4. The molecule has 0 saturated heterocycles. The van der Waals surface area contributed by atoms with E-state index in [1.165, 1.54) is 0 Å². The van der Waals surface area contributed by atoms with E-state index in [-0.39, 0.29) is 46.4 Å². The number of unbranched alkanes of at least 4 members (excludes halogenated alkanes) is 6. The van der Waals surface area contributed by atoms with Gasteiger partial charge in [0, 0.05) is 66.0 Å². The molecule has 0 rings (SSSR count). The molecular weight excluding hydrogens is 771 g/mol. The van der Waals surface area contributed by atoms with Crippen LogP contribution >= 0.6 is 21.4 Å². The SMILES string of the molecule is CC(C)(C)P(=O)(C(C)(C)C)C(C)(C)CCCCCN=C(NCCCCCC(C)(C)P(=O)(C(C)(C)C)C(C)(C)C)NCCCCCC(C)(C)P(=O)(C(C)(C)C)C(C)(C)C. The number of hydrogen-bond donors (Lipinski definition) is 2. The molecule has 58 heavy (non-hydrogen) atoms. The zero-order valence-corrected chi connectivity index (χ0v) is 46.3. The third-order valence-electron chi connectivity index (χ3n) is 13.5. The summed E-state index contributed by atoms with van der Waals surface area (Å²) in [6.45, 7) is 54.8. The van der Waals surface area contributed by atoms with Gasteiger partial charge in [0.1, 0.15) is 21.4 Å². The van der Waals surface area contributed by atoms with E-state index in [9.17, 15) is 13.7 Å². The normalized spacial score (nSPS) is 15.1. The highest BCUT2D eigenvalue weighted by Crippen LogP contribution is 2.77. The summed E-state index contributed by atoms with van der Waals surface area (Å²) in [5.74, 6) is 0.890. The van der Waals surface area contributed by atoms with Crippen molar-refractivity contribution in [3.05, 3.63) is 0 Å². The molecule has 2 N–H and O–H groups in total. The quantitative estimate of drug-likeness (QED) is 0.0519. The topological polar surface area (TPSA) is 87.6 Å². The highest BCUT2D eigenvalue weighted by molar-refractivity contribution is 7.69. The van der Waals surface area contributed by atoms with Crippen LogP contribution in [0.1, 0.15) is 243 Å². The van der Waals surface area contributed by atoms with Crippen molar-refractivity contribution in [1.82, 2.24) is 10.6 Å². The Morgan fingerprint density at radius 2 is 0.569 bits per heavy atom. The van der Waals surface area contributed by atoms with Crippen LogP contribution in [0.15, 0.2) is 4.99 Å². The molecule has 0 heterocycles. The van der Waals surface area contributed by atoms with Crippen LogP contribution in [0, 0.1) is 0 Å². The van der Waals surface area contributed by atoms with Crippen molar-refractivity contribution in [3.63, 3.8) is 0 Å². The Morgan fingerprint density at radius 1 is 0.345 bits per heavy atom. The van der Waals surface area contributed by atoms with Gasteiger partial charge in [-0.3, -0.25) is 4.99 Å². The summed E-state index contributed by atoms with van der Waals surface area (Å²) in [5, 5.41) is 5.21. The Morgan fingerprint density at radius 3 is 0.793 bits per heavy atom. The predicted molar refractivity (Wildman–Crippen MR) is 267 cm³/mol. The minimum Gasteiger partial charge on any atom is -0.356 e. The molecule has 0 aliphatic carbocycles. The van der Waals surface area contributed by atoms with Crippen LogP contribution < -0.4 is 10.6 Å². The first-order valence-corrected chi connectivity index (χ1v) is 28.5. The molecule has 0 aromatic carbocycles. The van der Waals surface area contributed by atoms with E-state index in [2.05, 4.69) is 177 Å². The van der Waals surface area contributed by atoms with Crippen LogP contribution in [0.3, 0.4) is 0 Å². The maximum Gasteiger partial charge on any atom is 0.191 e. The van der Waals surface area contributed by atoms with Crippen LogP contribution in [0.5, 0.6) is 0 Å². The van der Waals surface area contributed by atoms with Crippen LogP contribution in [-0.2, 0) is 13.7 Å². The lowest BCUT2D eigenvalue weighted by atomic mass is 10.0. The summed E-state index contributed by atoms with van der Waals surface area (Å²) in [5.41, 5.74) is 0. The number of nitrogens with one attached hydrogen (secondary N) is 2. The van der Waals surface area contributed by atoms with Gasteiger partial charge in [0.05, 0.1) is 0 Å². The Labute approximate surface area is 364 Å². The summed E-state index contributed by atoms with van der Waals surface area (Å²) in [6, 6.07) is 0. The number of hydrogen-bond acceptors (Lipinski definition) is 4. The first-order chi connectivity index (χ1) is 25.5. The van der Waals surface area contributed by atoms with Crippen molar-refractivity contribution in [2.24, 2.45) is 4.99 Å². The number of rotatable bonds is 21. The number of guanidine groups is 1. The zero-order chi connectivity index (χ0) is 46.3. The van der Waals surface area contributed by atoms with Gasteiger partial charge in [-0.2, -0.15) is 0 Å². The second-order valence-corrected chi connectivity index (χ2v) is 41.1. The van der Waals surface area contributed by atoms with Gasteiger partial charge in [-0.25, -0.2) is 0 Å². The molecule has 0 radical (unpaired) electrons. The van der Waals surface area contributed by atoms with E-state index in [4.69, 9.17) is 4.99 Å². The Kier molecular flexibility index (Phi) is 20.6. The fourth-order valence-corrected chi connectivity index (χ4v) is 30.6. The highest BCUT2D eigenvalue weighted by Gasteiger charge is 2.57. The average molecular weight is 876 g/mol. The molecule has 0 aromatic rings. The molecular formula is C49H104N3O3P3. The first-order valence-electron chi connectivity index (χ1n) is 23.4. The van der Waals surface area contributed by atoms with Gasteiger partial charge in [-0.05, 0) is 38.5 Å². The maximum absolute atomic E-state index is 14.7. The first kappa shape index (κ1) is 58.0. The highest BCUT2D eigenvalue weighted by atomic mass is 31.2. The van der Waals surface area contributed by atoms with Gasteiger partial charge in [-0.1, -0.05) is 205 Å². The van der Waals surface area contributed by atoms with Crippen LogP contribution in [0.4, 0.5) is 0 Å². The van der Waals surface area contributed by atoms with Crippen molar-refractivity contribution < 1.29 is 13.7 Å². The molecule has 0 bridgehead atoms. The molecule has 0 aromatic heterocycles. The molecule has 0 aliphatic heterocycles. The maximum atomic E-state index is 14.7. The second-order valence-electron chi connectivity index (χ2n) is 25.8. The summed E-state index contributed by atoms with van der Waals surface area (Å²) in [4.78, 5) is 5.04. The smallest absolute Gasteiger partial charge is 0.191 e. The minimum atomic E-state index is -2.54. The molecule has 0 atom stereocenters. The van der Waals surface area contributed by atoms with Crippen LogP contribution in [0.25, 0.3) is 0 Å². The third-order valence-corrected chi connectivity index (χ3v) is 30.6. The molecule has 9 heteroatoms. The third kappa shape index (κ3) is 13.7. The fraction of sp³-hybridized carbons (Fsp3) is 0.980. The summed E-state index contributed by atoms with van der Waals surface area (Å²) >= 11 is 0. The van der Waals surface area contributed by atoms with E-state index >= 15 is 0 Å². The van der Waals surface area contributed by atoms with Crippen molar-refractivity contribution in [2.75, 3.05) is 19.6 Å². The molecule has 0 amide bonds. The standard InChI is InChI=1S/C49H104N3O3P3/c1-41(2,3)56(53,42(4,5)6)47(19,20)34-28-25-31-37-50-40(51-38-32-26-29-35-48(21,22)57(54,43(7,8)9)44(10,11)12)52-39-33-27-30-36-49(23,24)58(55,45(13,14)15)46(16,17)18/h25-39H2,1-24H3,(H2,50,51,52). The van der Waals surface area contributed by atoms with Crippen molar-refractivity contribution in [3.8, 4) is 0 Å². The van der Waals surface area contributed by atoms with Gasteiger partial charge in [0.15, 0.2) is 5.96 Å². The molecule has 6 nitrogen and oxygen atoms in total. The van der Waals surface area contributed by atoms with Crippen molar-refractivity contribution in [2.45, 2.75) is 290 Å². The fourth-order valence-electron chi connectivity index (χ4n) is 12.3. The molecule has 0 aliphatic rings. The van der Waals surface area contributed by atoms with Crippen LogP contribution in [-0.4, -0.2) is 72.0 Å². The van der Waals surface area contributed by atoms with Gasteiger partial charge in [-0.15, -0.1) is 0 Å². The molecule has 348 valence electrons. The Bertz CT molecular complexity index is 1310. The van der Waals surface area contributed by atoms with Gasteiger partial charge >= 0.3 is 0 Å². The monoisotopic (exact) mass is 876 g/mol. The number of nitrogens with zero attached hydrogens (tertiary/aromatic N) is 1. The van der Waals surface area contributed by atoms with E-state index in [1.54, 1.807) is 0 Å². The Hall–Kier alpha value is -0.0400. The summed E-state index contributed by atoms with van der Waals surface area (Å²) < 4.78 is 44.1. The van der Waals surface area contributed by atoms with Crippen LogP contribution in [0.2, 0.25) is 0 Å². The average Bonchev–Trinajstić information content (AvgIpc) is 3.00. The van der Waals surface area contributed by atoms with Crippen molar-refractivity contribution in [1.29, 1.82) is 0 Å². The second kappa shape index (κ2) is 20.6. The summed E-state index contributed by atoms with van der Waals surface area (Å²) in [7, 11) is -7.63. The van der Waals surface area contributed by atoms with E-state index in [1.807, 2.05) is 0 Å². The lowest BCUT2D eigenvalue weighted by Crippen LogP contribution is -2.40. The molecule has 0 saturated carbocycles. The van der Waals surface area contributed by atoms with Gasteiger partial charge in [0.2, 0.25) is 0 Å². The lowest BCUT2D eigenvalue weighted by Gasteiger charge is -2.50. The van der Waals surface area contributed by atoms with E-state index in [0.29, 0.717) is 0 Å². The van der Waals surface area contributed by atoms with Crippen molar-refractivity contribution >= 4 is 27.4 Å². The molecule has 0 fully saturated rings.